The number of aromatic nitrogens is 1. The maximum atomic E-state index is 12.6. The first-order valence-corrected chi connectivity index (χ1v) is 8.79. The molecular formula is C20H15ClN2O4. The third-order valence-corrected chi connectivity index (χ3v) is 4.81. The topological polar surface area (TPSA) is 92.2 Å². The fourth-order valence-corrected chi connectivity index (χ4v) is 3.48. The van der Waals surface area contributed by atoms with Crippen molar-refractivity contribution in [2.75, 3.05) is 5.32 Å². The first-order valence-electron chi connectivity index (χ1n) is 8.41. The second kappa shape index (κ2) is 6.89. The van der Waals surface area contributed by atoms with Gasteiger partial charge in [-0.15, -0.1) is 0 Å². The molecule has 0 saturated carbocycles. The van der Waals surface area contributed by atoms with Crippen LogP contribution in [0.2, 0.25) is 5.02 Å². The molecule has 0 radical (unpaired) electrons. The van der Waals surface area contributed by atoms with Crippen LogP contribution < -0.4 is 10.9 Å². The van der Waals surface area contributed by atoms with Gasteiger partial charge in [0.15, 0.2) is 5.78 Å². The molecule has 0 saturated heterocycles. The summed E-state index contributed by atoms with van der Waals surface area (Å²) in [6.07, 6.45) is 2.29. The lowest BCUT2D eigenvalue weighted by Crippen LogP contribution is -2.29. The molecule has 1 aliphatic carbocycles. The molecule has 27 heavy (non-hydrogen) atoms. The number of hydrogen-bond acceptors (Lipinski definition) is 4. The van der Waals surface area contributed by atoms with Gasteiger partial charge in [0.1, 0.15) is 11.3 Å². The first-order chi connectivity index (χ1) is 13.0. The molecule has 136 valence electrons. The zero-order valence-electron chi connectivity index (χ0n) is 14.1. The van der Waals surface area contributed by atoms with Crippen LogP contribution >= 0.6 is 11.6 Å². The van der Waals surface area contributed by atoms with E-state index in [2.05, 4.69) is 10.3 Å². The van der Waals surface area contributed by atoms with Gasteiger partial charge in [0.25, 0.3) is 11.5 Å². The van der Waals surface area contributed by atoms with Gasteiger partial charge in [0.2, 0.25) is 0 Å². The van der Waals surface area contributed by atoms with Gasteiger partial charge < -0.3 is 14.7 Å². The van der Waals surface area contributed by atoms with E-state index < -0.39 is 11.5 Å². The van der Waals surface area contributed by atoms with Crippen molar-refractivity contribution in [3.05, 3.63) is 86.7 Å². The van der Waals surface area contributed by atoms with Gasteiger partial charge in [-0.2, -0.15) is 0 Å². The normalized spacial score (nSPS) is 16.0. The number of ketones is 1. The summed E-state index contributed by atoms with van der Waals surface area (Å²) in [5.74, 6) is -0.146. The summed E-state index contributed by atoms with van der Waals surface area (Å²) in [7, 11) is 0. The average molecular weight is 383 g/mol. The van der Waals surface area contributed by atoms with Crippen LogP contribution in [0.15, 0.2) is 57.9 Å². The largest absolute Gasteiger partial charge is 0.469 e. The number of aromatic amines is 1. The van der Waals surface area contributed by atoms with E-state index >= 15 is 0 Å². The summed E-state index contributed by atoms with van der Waals surface area (Å²) >= 11 is 5.90. The highest BCUT2D eigenvalue weighted by molar-refractivity contribution is 6.31. The number of nitrogens with one attached hydrogen (secondary N) is 2. The molecule has 2 aromatic heterocycles. The number of hydrogen-bond donors (Lipinski definition) is 2. The minimum atomic E-state index is -0.595. The number of H-pyrrole nitrogens is 1. The predicted octanol–water partition coefficient (Wildman–Crippen LogP) is 3.79. The number of carbonyl (C=O) groups is 2. The third kappa shape index (κ3) is 3.44. The second-order valence-corrected chi connectivity index (χ2v) is 6.85. The Morgan fingerprint density at radius 1 is 1.15 bits per heavy atom. The molecule has 1 unspecified atom stereocenters. The molecule has 1 aromatic carbocycles. The summed E-state index contributed by atoms with van der Waals surface area (Å²) in [6, 6.07) is 11.6. The lowest BCUT2D eigenvalue weighted by molar-refractivity contribution is 0.0959. The van der Waals surface area contributed by atoms with Crippen molar-refractivity contribution in [2.24, 2.45) is 0 Å². The summed E-state index contributed by atoms with van der Waals surface area (Å²) in [5, 5.41) is 3.09. The van der Waals surface area contributed by atoms with Gasteiger partial charge in [0.05, 0.1) is 6.26 Å². The van der Waals surface area contributed by atoms with Crippen LogP contribution in [0.1, 0.15) is 44.5 Å². The van der Waals surface area contributed by atoms with Gasteiger partial charge in [-0.05, 0) is 42.8 Å². The minimum Gasteiger partial charge on any atom is -0.469 e. The Balaban J connectivity index is 1.63. The fourth-order valence-electron chi connectivity index (χ4n) is 3.29. The standard InChI is InChI=1S/C20H15ClN2O4/c21-12-3-1-4-13(9-12)22-19(25)15-10-14-16(23-20(15)26)7-11(8-17(14)24)18-5-2-6-27-18/h1-6,9-11H,7-8H2,(H,22,25)(H,23,26). The number of anilines is 1. The van der Waals surface area contributed by atoms with Crippen LogP contribution in [0.5, 0.6) is 0 Å². The highest BCUT2D eigenvalue weighted by atomic mass is 35.5. The Morgan fingerprint density at radius 2 is 2.00 bits per heavy atom. The van der Waals surface area contributed by atoms with Crippen LogP contribution in [0.25, 0.3) is 0 Å². The summed E-state index contributed by atoms with van der Waals surface area (Å²) in [4.78, 5) is 40.2. The van der Waals surface area contributed by atoms with Gasteiger partial charge in [0, 0.05) is 34.3 Å². The van der Waals surface area contributed by atoms with Gasteiger partial charge in [-0.1, -0.05) is 17.7 Å². The van der Waals surface area contributed by atoms with Crippen LogP contribution in [0.3, 0.4) is 0 Å². The molecule has 7 heteroatoms. The van der Waals surface area contributed by atoms with Crippen molar-refractivity contribution in [1.29, 1.82) is 0 Å². The summed E-state index contributed by atoms with van der Waals surface area (Å²) in [6.45, 7) is 0. The SMILES string of the molecule is O=C1CC(c2ccco2)Cc2[nH]c(=O)c(C(=O)Nc3cccc(Cl)c3)cc21. The Kier molecular flexibility index (Phi) is 4.41. The molecule has 0 spiro atoms. The maximum absolute atomic E-state index is 12.6. The lowest BCUT2D eigenvalue weighted by atomic mass is 9.84. The van der Waals surface area contributed by atoms with E-state index in [0.717, 1.165) is 0 Å². The molecular weight excluding hydrogens is 368 g/mol. The van der Waals surface area contributed by atoms with Crippen LogP contribution in [-0.4, -0.2) is 16.7 Å². The van der Waals surface area contributed by atoms with E-state index in [-0.39, 0.29) is 23.7 Å². The zero-order valence-corrected chi connectivity index (χ0v) is 14.9. The number of furan rings is 1. The number of carbonyl (C=O) groups excluding carboxylic acids is 2. The molecule has 2 N–H and O–H groups in total. The Labute approximate surface area is 159 Å². The van der Waals surface area contributed by atoms with Crippen molar-refractivity contribution >= 4 is 29.0 Å². The fraction of sp³-hybridized carbons (Fsp3) is 0.150. The molecule has 6 nitrogen and oxygen atoms in total. The molecule has 3 aromatic rings. The predicted molar refractivity (Wildman–Crippen MR) is 101 cm³/mol. The van der Waals surface area contributed by atoms with Gasteiger partial charge in [-0.3, -0.25) is 14.4 Å². The average Bonchev–Trinajstić information content (AvgIpc) is 3.15. The molecule has 2 heterocycles. The monoisotopic (exact) mass is 382 g/mol. The van der Waals surface area contributed by atoms with Gasteiger partial charge in [-0.25, -0.2) is 0 Å². The summed E-state index contributed by atoms with van der Waals surface area (Å²) < 4.78 is 5.39. The van der Waals surface area contributed by atoms with Crippen molar-refractivity contribution < 1.29 is 14.0 Å². The van der Waals surface area contributed by atoms with Crippen LogP contribution in [0, 0.1) is 0 Å². The van der Waals surface area contributed by atoms with Crippen molar-refractivity contribution in [2.45, 2.75) is 18.8 Å². The van der Waals surface area contributed by atoms with E-state index in [1.165, 1.54) is 6.07 Å². The summed E-state index contributed by atoms with van der Waals surface area (Å²) in [5.41, 5.74) is 0.708. The second-order valence-electron chi connectivity index (χ2n) is 6.41. The highest BCUT2D eigenvalue weighted by Gasteiger charge is 2.30. The number of amides is 1. The van der Waals surface area contributed by atoms with Crippen molar-refractivity contribution in [1.82, 2.24) is 4.98 Å². The quantitative estimate of drug-likeness (QED) is 0.720. The number of rotatable bonds is 3. The minimum absolute atomic E-state index is 0.112. The zero-order chi connectivity index (χ0) is 19.0. The lowest BCUT2D eigenvalue weighted by Gasteiger charge is -2.22. The van der Waals surface area contributed by atoms with Crippen molar-refractivity contribution in [3.63, 3.8) is 0 Å². The molecule has 0 aliphatic heterocycles. The highest BCUT2D eigenvalue weighted by Crippen LogP contribution is 2.31. The van der Waals surface area contributed by atoms with Crippen LogP contribution in [-0.2, 0) is 6.42 Å². The van der Waals surface area contributed by atoms with E-state index in [0.29, 0.717) is 34.1 Å². The smallest absolute Gasteiger partial charge is 0.261 e. The molecule has 4 rings (SSSR count). The Bertz CT molecular complexity index is 1090. The van der Waals surface area contributed by atoms with E-state index in [1.807, 2.05) is 6.07 Å². The number of pyridine rings is 1. The molecule has 1 aliphatic rings. The number of Topliss-reactive ketones (excluding diaryl/α,β-unsaturated/α-hetero) is 1. The maximum Gasteiger partial charge on any atom is 0.261 e. The third-order valence-electron chi connectivity index (χ3n) is 4.58. The Hall–Kier alpha value is -3.12. The van der Waals surface area contributed by atoms with E-state index in [1.54, 1.807) is 36.6 Å². The number of fused-ring (bicyclic) bond motifs is 1. The van der Waals surface area contributed by atoms with E-state index in [4.69, 9.17) is 16.0 Å². The number of benzene rings is 1. The van der Waals surface area contributed by atoms with Gasteiger partial charge >= 0.3 is 0 Å². The Morgan fingerprint density at radius 3 is 2.74 bits per heavy atom. The van der Waals surface area contributed by atoms with E-state index in [9.17, 15) is 14.4 Å². The van der Waals surface area contributed by atoms with Crippen LogP contribution in [0.4, 0.5) is 5.69 Å². The molecule has 0 bridgehead atoms. The molecule has 1 amide bonds. The number of halogens is 1. The van der Waals surface area contributed by atoms with Crippen molar-refractivity contribution in [3.8, 4) is 0 Å². The molecule has 0 fully saturated rings. The molecule has 1 atom stereocenters. The first kappa shape index (κ1) is 17.3.